The minimum absolute atomic E-state index is 0.301. The summed E-state index contributed by atoms with van der Waals surface area (Å²) in [6.07, 6.45) is 0.762. The molecular formula is C14H23NO4S. The Hall–Kier alpha value is -1.11. The lowest BCUT2D eigenvalue weighted by atomic mass is 10.1. The van der Waals surface area contributed by atoms with Crippen LogP contribution in [0.2, 0.25) is 0 Å². The zero-order valence-electron chi connectivity index (χ0n) is 12.4. The molecule has 5 nitrogen and oxygen atoms in total. The molecule has 0 saturated carbocycles. The van der Waals surface area contributed by atoms with E-state index in [0.29, 0.717) is 41.2 Å². The van der Waals surface area contributed by atoms with Crippen LogP contribution in [-0.2, 0) is 10.0 Å². The first-order valence-electron chi connectivity index (χ1n) is 6.61. The molecule has 0 fully saturated rings. The average molecular weight is 301 g/mol. The molecule has 0 bridgehead atoms. The zero-order chi connectivity index (χ0) is 15.3. The average Bonchev–Trinajstić information content (AvgIpc) is 2.33. The Morgan fingerprint density at radius 3 is 2.30 bits per heavy atom. The smallest absolute Gasteiger partial charge is 0.241 e. The maximum atomic E-state index is 12.3. The summed E-state index contributed by atoms with van der Waals surface area (Å²) >= 11 is 0. The summed E-state index contributed by atoms with van der Waals surface area (Å²) in [5, 5.41) is 9.15. The summed E-state index contributed by atoms with van der Waals surface area (Å²) in [5.74, 6) is 0.646. The van der Waals surface area contributed by atoms with E-state index >= 15 is 0 Å². The van der Waals surface area contributed by atoms with Crippen molar-refractivity contribution >= 4 is 10.0 Å². The van der Waals surface area contributed by atoms with E-state index in [-0.39, 0.29) is 0 Å². The van der Waals surface area contributed by atoms with Gasteiger partial charge in [-0.3, -0.25) is 0 Å². The Labute approximate surface area is 121 Å². The lowest BCUT2D eigenvalue weighted by Gasteiger charge is -2.14. The lowest BCUT2D eigenvalue weighted by Crippen LogP contribution is -2.26. The van der Waals surface area contributed by atoms with Crippen LogP contribution < -0.4 is 9.46 Å². The Morgan fingerprint density at radius 2 is 1.85 bits per heavy atom. The van der Waals surface area contributed by atoms with Crippen molar-refractivity contribution in [2.75, 3.05) is 13.7 Å². The van der Waals surface area contributed by atoms with Crippen LogP contribution in [0.3, 0.4) is 0 Å². The van der Waals surface area contributed by atoms with E-state index in [1.165, 1.54) is 0 Å². The van der Waals surface area contributed by atoms with E-state index in [2.05, 4.69) is 4.72 Å². The largest absolute Gasteiger partial charge is 0.497 e. The van der Waals surface area contributed by atoms with Gasteiger partial charge in [-0.1, -0.05) is 0 Å². The van der Waals surface area contributed by atoms with Crippen molar-refractivity contribution in [2.45, 2.75) is 44.6 Å². The molecule has 114 valence electrons. The molecule has 1 aromatic carbocycles. The number of nitrogens with one attached hydrogen (secondary N) is 1. The molecule has 0 saturated heterocycles. The van der Waals surface area contributed by atoms with Gasteiger partial charge in [0.25, 0.3) is 0 Å². The number of methoxy groups -OCH3 is 1. The normalized spacial score (nSPS) is 13.2. The number of sulfonamides is 1. The van der Waals surface area contributed by atoms with Gasteiger partial charge in [0.15, 0.2) is 0 Å². The van der Waals surface area contributed by atoms with Gasteiger partial charge in [0.2, 0.25) is 10.0 Å². The topological polar surface area (TPSA) is 75.6 Å². The fourth-order valence-corrected chi connectivity index (χ4v) is 3.65. The molecule has 0 aliphatic carbocycles. The molecule has 0 radical (unpaired) electrons. The van der Waals surface area contributed by atoms with Gasteiger partial charge in [-0.05, 0) is 56.9 Å². The van der Waals surface area contributed by atoms with Crippen LogP contribution in [0, 0.1) is 13.8 Å². The molecule has 0 aliphatic heterocycles. The van der Waals surface area contributed by atoms with E-state index in [4.69, 9.17) is 9.84 Å². The van der Waals surface area contributed by atoms with Crippen LogP contribution in [0.1, 0.15) is 30.9 Å². The summed E-state index contributed by atoms with van der Waals surface area (Å²) in [5.41, 5.74) is 1.31. The van der Waals surface area contributed by atoms with Crippen LogP contribution >= 0.6 is 0 Å². The van der Waals surface area contributed by atoms with Crippen LogP contribution in [-0.4, -0.2) is 33.3 Å². The molecule has 0 heterocycles. The molecule has 0 aliphatic rings. The number of hydrogen-bond acceptors (Lipinski definition) is 4. The number of benzene rings is 1. The second-order valence-corrected chi connectivity index (χ2v) is 6.68. The molecule has 2 N–H and O–H groups in total. The Kier molecular flexibility index (Phi) is 5.98. The number of aliphatic hydroxyl groups is 1. The maximum Gasteiger partial charge on any atom is 0.241 e. The second kappa shape index (κ2) is 7.06. The molecule has 6 heteroatoms. The molecule has 1 rings (SSSR count). The first kappa shape index (κ1) is 16.9. The number of aliphatic hydroxyl groups excluding tert-OH is 1. The van der Waals surface area contributed by atoms with E-state index in [1.807, 2.05) is 0 Å². The van der Waals surface area contributed by atoms with Gasteiger partial charge in [0, 0.05) is 6.54 Å². The number of hydrogen-bond donors (Lipinski definition) is 2. The molecule has 0 spiro atoms. The van der Waals surface area contributed by atoms with Gasteiger partial charge < -0.3 is 9.84 Å². The Balaban J connectivity index is 2.87. The fourth-order valence-electron chi connectivity index (χ4n) is 2.13. The predicted octanol–water partition coefficient (Wildman–Crippen LogP) is 1.75. The third-order valence-corrected chi connectivity index (χ3v) is 4.79. The van der Waals surface area contributed by atoms with E-state index in [0.717, 1.165) is 0 Å². The fraction of sp³-hybridized carbons (Fsp3) is 0.571. The predicted molar refractivity (Wildman–Crippen MR) is 78.6 cm³/mol. The van der Waals surface area contributed by atoms with Crippen molar-refractivity contribution in [1.82, 2.24) is 4.72 Å². The third-order valence-electron chi connectivity index (χ3n) is 3.03. The van der Waals surface area contributed by atoms with Crippen molar-refractivity contribution in [3.05, 3.63) is 23.3 Å². The lowest BCUT2D eigenvalue weighted by molar-refractivity contribution is 0.182. The highest BCUT2D eigenvalue weighted by Crippen LogP contribution is 2.25. The van der Waals surface area contributed by atoms with Crippen molar-refractivity contribution < 1.29 is 18.3 Å². The van der Waals surface area contributed by atoms with Crippen LogP contribution in [0.25, 0.3) is 0 Å². The Morgan fingerprint density at radius 1 is 1.30 bits per heavy atom. The standard InChI is InChI=1S/C14H23NO4S/c1-10-8-13(19-4)9-11(2)14(10)20(17,18)15-7-5-6-12(3)16/h8-9,12,15-16H,5-7H2,1-4H3. The van der Waals surface area contributed by atoms with Gasteiger partial charge in [-0.2, -0.15) is 0 Å². The molecular weight excluding hydrogens is 278 g/mol. The summed E-state index contributed by atoms with van der Waals surface area (Å²) in [4.78, 5) is 0.301. The molecule has 1 aromatic rings. The monoisotopic (exact) mass is 301 g/mol. The van der Waals surface area contributed by atoms with Crippen LogP contribution in [0.4, 0.5) is 0 Å². The first-order chi connectivity index (χ1) is 9.27. The van der Waals surface area contributed by atoms with Gasteiger partial charge in [0.05, 0.1) is 18.1 Å². The summed E-state index contributed by atoms with van der Waals surface area (Å²) < 4.78 is 32.3. The van der Waals surface area contributed by atoms with Gasteiger partial charge in [-0.25, -0.2) is 13.1 Å². The van der Waals surface area contributed by atoms with Crippen molar-refractivity contribution in [1.29, 1.82) is 0 Å². The Bertz CT molecular complexity index is 529. The minimum atomic E-state index is -3.53. The van der Waals surface area contributed by atoms with Crippen LogP contribution in [0.5, 0.6) is 5.75 Å². The van der Waals surface area contributed by atoms with E-state index < -0.39 is 16.1 Å². The highest BCUT2D eigenvalue weighted by Gasteiger charge is 2.19. The molecule has 20 heavy (non-hydrogen) atoms. The van der Waals surface area contributed by atoms with Gasteiger partial charge >= 0.3 is 0 Å². The third kappa shape index (κ3) is 4.47. The van der Waals surface area contributed by atoms with Crippen molar-refractivity contribution in [3.63, 3.8) is 0 Å². The molecule has 1 atom stereocenters. The number of ether oxygens (including phenoxy) is 1. The van der Waals surface area contributed by atoms with E-state index in [9.17, 15) is 8.42 Å². The van der Waals surface area contributed by atoms with Gasteiger partial charge in [-0.15, -0.1) is 0 Å². The molecule has 0 amide bonds. The molecule has 1 unspecified atom stereocenters. The first-order valence-corrected chi connectivity index (χ1v) is 8.09. The number of rotatable bonds is 7. The highest BCUT2D eigenvalue weighted by atomic mass is 32.2. The summed E-state index contributed by atoms with van der Waals surface area (Å²) in [6, 6.07) is 3.41. The van der Waals surface area contributed by atoms with Gasteiger partial charge in [0.1, 0.15) is 5.75 Å². The number of aryl methyl sites for hydroxylation is 2. The van der Waals surface area contributed by atoms with Crippen molar-refractivity contribution in [3.8, 4) is 5.75 Å². The minimum Gasteiger partial charge on any atom is -0.497 e. The maximum absolute atomic E-state index is 12.3. The SMILES string of the molecule is COc1cc(C)c(S(=O)(=O)NCCCC(C)O)c(C)c1. The quantitative estimate of drug-likeness (QED) is 0.752. The summed E-state index contributed by atoms with van der Waals surface area (Å²) in [6.45, 7) is 5.50. The molecule has 0 aromatic heterocycles. The highest BCUT2D eigenvalue weighted by molar-refractivity contribution is 7.89. The van der Waals surface area contributed by atoms with Crippen molar-refractivity contribution in [2.24, 2.45) is 0 Å². The zero-order valence-corrected chi connectivity index (χ0v) is 13.3. The summed E-state index contributed by atoms with van der Waals surface area (Å²) in [7, 11) is -1.98. The van der Waals surface area contributed by atoms with E-state index in [1.54, 1.807) is 40.0 Å². The second-order valence-electron chi connectivity index (χ2n) is 4.98. The van der Waals surface area contributed by atoms with Crippen LogP contribution in [0.15, 0.2) is 17.0 Å².